The lowest BCUT2D eigenvalue weighted by atomic mass is 9.89. The maximum Gasteiger partial charge on any atom is 0.145 e. The van der Waals surface area contributed by atoms with Crippen LogP contribution in [-0.4, -0.2) is 18.9 Å². The summed E-state index contributed by atoms with van der Waals surface area (Å²) < 4.78 is 4.49. The number of nitrogens with zero attached hydrogens (tertiary/aromatic N) is 4. The third-order valence-electron chi connectivity index (χ3n) is 7.44. The Morgan fingerprint density at radius 2 is 1.54 bits per heavy atom. The highest BCUT2D eigenvalue weighted by molar-refractivity contribution is 6.18. The van der Waals surface area contributed by atoms with Crippen LogP contribution >= 0.6 is 0 Å². The van der Waals surface area contributed by atoms with Crippen molar-refractivity contribution in [3.63, 3.8) is 0 Å². The molecule has 1 atom stereocenters. The molecule has 0 aliphatic heterocycles. The standard InChI is InChI=1S/C31H30N4.C2H6/c1-6-20(3)23-11-12-25(30-32-14-16-35(30)29-21(4)17-19(2)18-22(29)5)27-24-9-7-8-10-26(24)34-15-13-33-31(34)28(23)27;1-2/h7-18,20H,6H2,1-5H3;1-2H3. The molecular weight excluding hydrogens is 452 g/mol. The van der Waals surface area contributed by atoms with Gasteiger partial charge in [0, 0.05) is 46.5 Å². The molecule has 0 saturated carbocycles. The van der Waals surface area contributed by atoms with E-state index in [1.54, 1.807) is 0 Å². The first kappa shape index (κ1) is 24.8. The minimum absolute atomic E-state index is 0.426. The highest BCUT2D eigenvalue weighted by Gasteiger charge is 2.22. The van der Waals surface area contributed by atoms with Gasteiger partial charge >= 0.3 is 0 Å². The molecule has 0 N–H and O–H groups in total. The van der Waals surface area contributed by atoms with Gasteiger partial charge in [0.05, 0.1) is 11.2 Å². The van der Waals surface area contributed by atoms with Gasteiger partial charge in [0.15, 0.2) is 0 Å². The molecule has 0 spiro atoms. The average Bonchev–Trinajstić information content (AvgIpc) is 3.59. The highest BCUT2D eigenvalue weighted by Crippen LogP contribution is 2.41. The molecule has 188 valence electrons. The van der Waals surface area contributed by atoms with Crippen molar-refractivity contribution in [3.8, 4) is 17.1 Å². The molecule has 3 aromatic heterocycles. The summed E-state index contributed by atoms with van der Waals surface area (Å²) in [6.07, 6.45) is 9.06. The Hall–Kier alpha value is -3.92. The number of hydrogen-bond acceptors (Lipinski definition) is 2. The summed E-state index contributed by atoms with van der Waals surface area (Å²) in [6, 6.07) is 17.7. The van der Waals surface area contributed by atoms with Crippen molar-refractivity contribution in [3.05, 3.63) is 95.6 Å². The molecule has 0 aliphatic carbocycles. The number of pyridine rings is 1. The molecule has 0 saturated heterocycles. The Labute approximate surface area is 219 Å². The van der Waals surface area contributed by atoms with E-state index in [2.05, 4.69) is 105 Å². The van der Waals surface area contributed by atoms with Crippen molar-refractivity contribution in [1.29, 1.82) is 0 Å². The third kappa shape index (κ3) is 3.92. The topological polar surface area (TPSA) is 35.1 Å². The smallest absolute Gasteiger partial charge is 0.145 e. The molecule has 4 heteroatoms. The number of imidazole rings is 2. The summed E-state index contributed by atoms with van der Waals surface area (Å²) in [5.41, 5.74) is 9.64. The van der Waals surface area contributed by atoms with Gasteiger partial charge in [-0.25, -0.2) is 9.97 Å². The van der Waals surface area contributed by atoms with E-state index in [4.69, 9.17) is 9.97 Å². The summed E-state index contributed by atoms with van der Waals surface area (Å²) in [4.78, 5) is 9.77. The second kappa shape index (κ2) is 9.85. The lowest BCUT2D eigenvalue weighted by Crippen LogP contribution is -2.04. The second-order valence-corrected chi connectivity index (χ2v) is 9.77. The lowest BCUT2D eigenvalue weighted by Gasteiger charge is -2.20. The molecule has 3 aromatic carbocycles. The first-order valence-electron chi connectivity index (χ1n) is 13.4. The fourth-order valence-corrected chi connectivity index (χ4v) is 5.77. The summed E-state index contributed by atoms with van der Waals surface area (Å²) in [6.45, 7) is 15.1. The van der Waals surface area contributed by atoms with Gasteiger partial charge in [0.1, 0.15) is 11.5 Å². The Morgan fingerprint density at radius 3 is 2.27 bits per heavy atom. The number of hydrogen-bond donors (Lipinski definition) is 0. The Morgan fingerprint density at radius 1 is 0.838 bits per heavy atom. The summed E-state index contributed by atoms with van der Waals surface area (Å²) in [5.74, 6) is 1.39. The summed E-state index contributed by atoms with van der Waals surface area (Å²) in [7, 11) is 0. The van der Waals surface area contributed by atoms with E-state index in [1.165, 1.54) is 44.1 Å². The Kier molecular flexibility index (Phi) is 6.59. The van der Waals surface area contributed by atoms with Crippen molar-refractivity contribution in [2.45, 2.75) is 60.8 Å². The summed E-state index contributed by atoms with van der Waals surface area (Å²) >= 11 is 0. The molecule has 6 rings (SSSR count). The minimum Gasteiger partial charge on any atom is -0.299 e. The number of fused-ring (bicyclic) bond motifs is 6. The van der Waals surface area contributed by atoms with Crippen LogP contribution < -0.4 is 0 Å². The van der Waals surface area contributed by atoms with E-state index >= 15 is 0 Å². The van der Waals surface area contributed by atoms with Crippen LogP contribution in [0.15, 0.2) is 73.3 Å². The molecule has 0 bridgehead atoms. The van der Waals surface area contributed by atoms with Crippen molar-refractivity contribution in [2.24, 2.45) is 0 Å². The van der Waals surface area contributed by atoms with E-state index in [-0.39, 0.29) is 0 Å². The van der Waals surface area contributed by atoms with Crippen LogP contribution in [0.3, 0.4) is 0 Å². The maximum absolute atomic E-state index is 4.92. The fraction of sp³-hybridized carbons (Fsp3) is 0.273. The lowest BCUT2D eigenvalue weighted by molar-refractivity contribution is 0.740. The number of aryl methyl sites for hydroxylation is 3. The number of para-hydroxylation sites is 1. The molecule has 0 fully saturated rings. The molecule has 1 unspecified atom stereocenters. The van der Waals surface area contributed by atoms with Crippen molar-refractivity contribution >= 4 is 27.3 Å². The van der Waals surface area contributed by atoms with Gasteiger partial charge in [-0.3, -0.25) is 8.97 Å². The minimum atomic E-state index is 0.426. The van der Waals surface area contributed by atoms with Gasteiger partial charge in [-0.2, -0.15) is 0 Å². The first-order valence-corrected chi connectivity index (χ1v) is 13.4. The van der Waals surface area contributed by atoms with Crippen LogP contribution in [0.4, 0.5) is 0 Å². The molecule has 0 amide bonds. The van der Waals surface area contributed by atoms with Crippen molar-refractivity contribution < 1.29 is 0 Å². The Bertz CT molecular complexity index is 1710. The van der Waals surface area contributed by atoms with Gasteiger partial charge in [0.2, 0.25) is 0 Å². The van der Waals surface area contributed by atoms with E-state index < -0.39 is 0 Å². The molecule has 3 heterocycles. The molecular formula is C33H36N4. The van der Waals surface area contributed by atoms with Gasteiger partial charge in [-0.15, -0.1) is 0 Å². The predicted octanol–water partition coefficient (Wildman–Crippen LogP) is 8.96. The zero-order valence-corrected chi connectivity index (χ0v) is 23.0. The van der Waals surface area contributed by atoms with Gasteiger partial charge in [-0.1, -0.05) is 75.7 Å². The van der Waals surface area contributed by atoms with Gasteiger partial charge in [-0.05, 0) is 55.9 Å². The highest BCUT2D eigenvalue weighted by atomic mass is 15.1. The van der Waals surface area contributed by atoms with E-state index in [1.807, 2.05) is 26.2 Å². The zero-order chi connectivity index (χ0) is 26.3. The molecule has 6 aromatic rings. The van der Waals surface area contributed by atoms with Crippen molar-refractivity contribution in [1.82, 2.24) is 18.9 Å². The van der Waals surface area contributed by atoms with Crippen LogP contribution in [-0.2, 0) is 0 Å². The first-order chi connectivity index (χ1) is 18.0. The molecule has 37 heavy (non-hydrogen) atoms. The second-order valence-electron chi connectivity index (χ2n) is 9.77. The quantitative estimate of drug-likeness (QED) is 0.232. The van der Waals surface area contributed by atoms with E-state index in [9.17, 15) is 0 Å². The largest absolute Gasteiger partial charge is 0.299 e. The SMILES string of the molecule is CC.CCC(C)c1ccc(-c2nccn2-c2c(C)cc(C)cc2C)c2c3ccccc3n3ccnc3c12. The van der Waals surface area contributed by atoms with Gasteiger partial charge < -0.3 is 0 Å². The Balaban J connectivity index is 0.00000137. The molecule has 4 nitrogen and oxygen atoms in total. The average molecular weight is 489 g/mol. The monoisotopic (exact) mass is 488 g/mol. The van der Waals surface area contributed by atoms with Crippen LogP contribution in [0.2, 0.25) is 0 Å². The zero-order valence-electron chi connectivity index (χ0n) is 23.0. The third-order valence-corrected chi connectivity index (χ3v) is 7.44. The van der Waals surface area contributed by atoms with Crippen LogP contribution in [0.5, 0.6) is 0 Å². The number of aromatic nitrogens is 4. The van der Waals surface area contributed by atoms with E-state index in [0.29, 0.717) is 5.92 Å². The fourth-order valence-electron chi connectivity index (χ4n) is 5.77. The molecule has 0 radical (unpaired) electrons. The number of rotatable bonds is 4. The van der Waals surface area contributed by atoms with E-state index in [0.717, 1.165) is 29.0 Å². The van der Waals surface area contributed by atoms with Gasteiger partial charge in [0.25, 0.3) is 0 Å². The van der Waals surface area contributed by atoms with Crippen LogP contribution in [0, 0.1) is 20.8 Å². The maximum atomic E-state index is 4.92. The molecule has 0 aliphatic rings. The van der Waals surface area contributed by atoms with Crippen molar-refractivity contribution in [2.75, 3.05) is 0 Å². The number of benzene rings is 3. The van der Waals surface area contributed by atoms with Crippen LogP contribution in [0.25, 0.3) is 44.4 Å². The normalized spacial score (nSPS) is 12.2. The summed E-state index contributed by atoms with van der Waals surface area (Å²) in [5, 5.41) is 3.68. The van der Waals surface area contributed by atoms with Crippen LogP contribution in [0.1, 0.15) is 62.3 Å². The predicted molar refractivity (Wildman–Crippen MR) is 157 cm³/mol.